The summed E-state index contributed by atoms with van der Waals surface area (Å²) in [7, 11) is 1.58. The standard InChI is InChI=1S/C17H13ClN2O2S3/c1-22-14-4-2-3-11(9-14)15(21)10-24-16-19-20(17(23)25-16)13-7-5-12(18)6-8-13/h2-9H,10H2,1H3. The first-order chi connectivity index (χ1) is 12.1. The molecule has 1 heterocycles. The summed E-state index contributed by atoms with van der Waals surface area (Å²) in [6.07, 6.45) is 0. The van der Waals surface area contributed by atoms with E-state index in [2.05, 4.69) is 5.10 Å². The van der Waals surface area contributed by atoms with Crippen molar-refractivity contribution in [3.8, 4) is 11.4 Å². The molecule has 1 aromatic heterocycles. The van der Waals surface area contributed by atoms with E-state index in [9.17, 15) is 4.79 Å². The predicted molar refractivity (Wildman–Crippen MR) is 105 cm³/mol. The van der Waals surface area contributed by atoms with Crippen molar-refractivity contribution >= 4 is 52.7 Å². The van der Waals surface area contributed by atoms with Crippen LogP contribution in [0.15, 0.2) is 52.9 Å². The van der Waals surface area contributed by atoms with Crippen LogP contribution < -0.4 is 4.74 Å². The van der Waals surface area contributed by atoms with E-state index in [1.54, 1.807) is 42.1 Å². The first-order valence-corrected chi connectivity index (χ1v) is 9.82. The lowest BCUT2D eigenvalue weighted by atomic mass is 10.1. The lowest BCUT2D eigenvalue weighted by molar-refractivity contribution is 0.102. The van der Waals surface area contributed by atoms with E-state index in [1.165, 1.54) is 23.1 Å². The van der Waals surface area contributed by atoms with Gasteiger partial charge >= 0.3 is 0 Å². The number of nitrogens with zero attached hydrogens (tertiary/aromatic N) is 2. The Morgan fingerprint density at radius 1 is 1.32 bits per heavy atom. The number of Topliss-reactive ketones (excluding diaryl/α,β-unsaturated/α-hetero) is 1. The summed E-state index contributed by atoms with van der Waals surface area (Å²) < 4.78 is 8.19. The lowest BCUT2D eigenvalue weighted by Gasteiger charge is -2.03. The molecule has 2 aromatic carbocycles. The topological polar surface area (TPSA) is 44.1 Å². The zero-order valence-electron chi connectivity index (χ0n) is 13.1. The van der Waals surface area contributed by atoms with E-state index in [0.717, 1.165) is 10.0 Å². The van der Waals surface area contributed by atoms with E-state index >= 15 is 0 Å². The maximum Gasteiger partial charge on any atom is 0.184 e. The molecule has 0 aliphatic heterocycles. The highest BCUT2D eigenvalue weighted by Gasteiger charge is 2.11. The molecule has 4 nitrogen and oxygen atoms in total. The lowest BCUT2D eigenvalue weighted by Crippen LogP contribution is -2.03. The summed E-state index contributed by atoms with van der Waals surface area (Å²) in [5, 5.41) is 5.14. The molecule has 0 fully saturated rings. The highest BCUT2D eigenvalue weighted by atomic mass is 35.5. The molecule has 0 saturated carbocycles. The first-order valence-electron chi connectivity index (χ1n) is 7.23. The second kappa shape index (κ2) is 8.14. The maximum absolute atomic E-state index is 12.3. The van der Waals surface area contributed by atoms with Crippen LogP contribution >= 0.6 is 46.9 Å². The Morgan fingerprint density at radius 2 is 2.08 bits per heavy atom. The Kier molecular flexibility index (Phi) is 5.90. The Bertz CT molecular complexity index is 951. The average Bonchev–Trinajstić information content (AvgIpc) is 3.01. The van der Waals surface area contributed by atoms with E-state index in [1.807, 2.05) is 18.2 Å². The number of rotatable bonds is 6. The van der Waals surface area contributed by atoms with E-state index in [-0.39, 0.29) is 11.5 Å². The van der Waals surface area contributed by atoms with E-state index in [0.29, 0.717) is 20.3 Å². The second-order valence-corrected chi connectivity index (χ2v) is 8.25. The SMILES string of the molecule is COc1cccc(C(=O)CSc2nn(-c3ccc(Cl)cc3)c(=S)s2)c1. The summed E-state index contributed by atoms with van der Waals surface area (Å²) in [6.45, 7) is 0. The summed E-state index contributed by atoms with van der Waals surface area (Å²) in [5.74, 6) is 0.970. The third-order valence-electron chi connectivity index (χ3n) is 3.32. The van der Waals surface area contributed by atoms with Crippen LogP contribution in [0.1, 0.15) is 10.4 Å². The number of methoxy groups -OCH3 is 1. The molecule has 0 bridgehead atoms. The predicted octanol–water partition coefficient (Wildman–Crippen LogP) is 5.30. The molecule has 0 N–H and O–H groups in total. The summed E-state index contributed by atoms with van der Waals surface area (Å²) in [6, 6.07) is 14.4. The van der Waals surface area contributed by atoms with Crippen molar-refractivity contribution in [3.05, 3.63) is 63.1 Å². The second-order valence-electron chi connectivity index (χ2n) is 4.97. The van der Waals surface area contributed by atoms with Gasteiger partial charge in [-0.1, -0.05) is 46.8 Å². The minimum atomic E-state index is 0.0167. The number of halogens is 1. The normalized spacial score (nSPS) is 10.6. The van der Waals surface area contributed by atoms with Gasteiger partial charge in [0.15, 0.2) is 14.1 Å². The fourth-order valence-electron chi connectivity index (χ4n) is 2.07. The molecule has 3 aromatic rings. The number of benzene rings is 2. The van der Waals surface area contributed by atoms with Crippen molar-refractivity contribution in [1.82, 2.24) is 9.78 Å². The van der Waals surface area contributed by atoms with Gasteiger partial charge in [-0.25, -0.2) is 4.68 Å². The van der Waals surface area contributed by atoms with Gasteiger partial charge in [0.05, 0.1) is 18.6 Å². The fraction of sp³-hybridized carbons (Fsp3) is 0.118. The minimum Gasteiger partial charge on any atom is -0.497 e. The zero-order chi connectivity index (χ0) is 17.8. The van der Waals surface area contributed by atoms with E-state index < -0.39 is 0 Å². The number of thioether (sulfide) groups is 1. The van der Waals surface area contributed by atoms with Crippen LogP contribution in [-0.4, -0.2) is 28.4 Å². The molecule has 0 unspecified atom stereocenters. The van der Waals surface area contributed by atoms with E-state index in [4.69, 9.17) is 28.6 Å². The molecule has 0 spiro atoms. The number of carbonyl (C=O) groups is 1. The largest absolute Gasteiger partial charge is 0.497 e. The molecule has 128 valence electrons. The first kappa shape index (κ1) is 18.1. The molecule has 0 aliphatic rings. The van der Waals surface area contributed by atoms with Gasteiger partial charge in [-0.2, -0.15) is 0 Å². The zero-order valence-corrected chi connectivity index (χ0v) is 16.3. The van der Waals surface area contributed by atoms with Crippen molar-refractivity contribution in [3.63, 3.8) is 0 Å². The van der Waals surface area contributed by atoms with Crippen LogP contribution in [0, 0.1) is 3.95 Å². The number of ether oxygens (including phenoxy) is 1. The van der Waals surface area contributed by atoms with Crippen molar-refractivity contribution in [1.29, 1.82) is 0 Å². The van der Waals surface area contributed by atoms with Crippen LogP contribution in [0.4, 0.5) is 0 Å². The molecule has 0 saturated heterocycles. The molecular formula is C17H13ClN2O2S3. The molecule has 25 heavy (non-hydrogen) atoms. The number of hydrogen-bond donors (Lipinski definition) is 0. The van der Waals surface area contributed by atoms with Gasteiger partial charge in [-0.3, -0.25) is 4.79 Å². The molecule has 0 atom stereocenters. The Labute approximate surface area is 163 Å². The molecule has 0 aliphatic carbocycles. The third-order valence-corrected chi connectivity index (χ3v) is 5.94. The van der Waals surface area contributed by atoms with Crippen molar-refractivity contribution in [2.45, 2.75) is 4.34 Å². The van der Waals surface area contributed by atoms with Crippen LogP contribution in [-0.2, 0) is 0 Å². The third kappa shape index (κ3) is 4.49. The number of carbonyl (C=O) groups excluding carboxylic acids is 1. The van der Waals surface area contributed by atoms with Gasteiger partial charge in [0.2, 0.25) is 0 Å². The molecular weight excluding hydrogens is 396 g/mol. The van der Waals surface area contributed by atoms with Crippen LogP contribution in [0.5, 0.6) is 5.75 Å². The highest BCUT2D eigenvalue weighted by Crippen LogP contribution is 2.25. The van der Waals surface area contributed by atoms with Crippen molar-refractivity contribution < 1.29 is 9.53 Å². The quantitative estimate of drug-likeness (QED) is 0.314. The Hall–Kier alpha value is -1.67. The summed E-state index contributed by atoms with van der Waals surface area (Å²) in [5.41, 5.74) is 1.46. The fourth-order valence-corrected chi connectivity index (χ4v) is 4.45. The Morgan fingerprint density at radius 3 is 2.80 bits per heavy atom. The van der Waals surface area contributed by atoms with Gasteiger partial charge in [-0.15, -0.1) is 5.10 Å². The van der Waals surface area contributed by atoms with Gasteiger partial charge in [0.25, 0.3) is 0 Å². The molecule has 8 heteroatoms. The van der Waals surface area contributed by atoms with Crippen LogP contribution in [0.2, 0.25) is 5.02 Å². The molecule has 3 rings (SSSR count). The average molecular weight is 409 g/mol. The van der Waals surface area contributed by atoms with Gasteiger partial charge < -0.3 is 4.74 Å². The minimum absolute atomic E-state index is 0.0167. The summed E-state index contributed by atoms with van der Waals surface area (Å²) in [4.78, 5) is 12.3. The van der Waals surface area contributed by atoms with Crippen molar-refractivity contribution in [2.24, 2.45) is 0 Å². The number of ketones is 1. The molecule has 0 amide bonds. The monoisotopic (exact) mass is 408 g/mol. The number of hydrogen-bond acceptors (Lipinski definition) is 6. The van der Waals surface area contributed by atoms with Crippen molar-refractivity contribution in [2.75, 3.05) is 12.9 Å². The van der Waals surface area contributed by atoms with Crippen LogP contribution in [0.25, 0.3) is 5.69 Å². The molecule has 0 radical (unpaired) electrons. The Balaban J connectivity index is 1.71. The van der Waals surface area contributed by atoms with Crippen LogP contribution in [0.3, 0.4) is 0 Å². The maximum atomic E-state index is 12.3. The number of aromatic nitrogens is 2. The van der Waals surface area contributed by atoms with Gasteiger partial charge in [-0.05, 0) is 48.6 Å². The van der Waals surface area contributed by atoms with Gasteiger partial charge in [0, 0.05) is 10.6 Å². The smallest absolute Gasteiger partial charge is 0.184 e. The highest BCUT2D eigenvalue weighted by molar-refractivity contribution is 8.01. The van der Waals surface area contributed by atoms with Gasteiger partial charge in [0.1, 0.15) is 5.75 Å². The summed E-state index contributed by atoms with van der Waals surface area (Å²) >= 11 is 14.0.